The van der Waals surface area contributed by atoms with E-state index in [1.807, 2.05) is 0 Å². The molecular weight excluding hydrogens is 329 g/mol. The van der Waals surface area contributed by atoms with Crippen molar-refractivity contribution < 1.29 is 17.9 Å². The summed E-state index contributed by atoms with van der Waals surface area (Å²) in [4.78, 5) is 4.99. The topological polar surface area (TPSA) is 15.7 Å². The second-order valence-electron chi connectivity index (χ2n) is 7.04. The van der Waals surface area contributed by atoms with Crippen LogP contribution in [0.1, 0.15) is 37.7 Å². The van der Waals surface area contributed by atoms with Gasteiger partial charge in [-0.05, 0) is 70.1 Å². The Morgan fingerprint density at radius 1 is 1.00 bits per heavy atom. The maximum Gasteiger partial charge on any atom is 0.416 e. The number of hydrogen-bond acceptors (Lipinski definition) is 3. The predicted octanol–water partition coefficient (Wildman–Crippen LogP) is 4.03. The van der Waals surface area contributed by atoms with E-state index in [4.69, 9.17) is 4.74 Å². The van der Waals surface area contributed by atoms with Crippen molar-refractivity contribution in [1.29, 1.82) is 0 Å². The summed E-state index contributed by atoms with van der Waals surface area (Å²) < 4.78 is 43.6. The summed E-state index contributed by atoms with van der Waals surface area (Å²) in [6.45, 7) is 5.77. The van der Waals surface area contributed by atoms with Crippen molar-refractivity contribution in [2.45, 2.75) is 44.3 Å². The maximum atomic E-state index is 12.7. The minimum atomic E-state index is -4.32. The van der Waals surface area contributed by atoms with Crippen LogP contribution in [0.2, 0.25) is 0 Å². The van der Waals surface area contributed by atoms with Crippen LogP contribution in [-0.2, 0) is 6.18 Å². The molecule has 3 nitrogen and oxygen atoms in total. The standard InChI is InChI=1S/C19H27F3N2O/c20-19(21,22)16-5-4-6-18(15-16)25-14-13-23-11-7-17(8-12-23)24-9-2-1-3-10-24/h4-6,15,17H,1-3,7-14H2. The van der Waals surface area contributed by atoms with Crippen LogP contribution < -0.4 is 4.74 Å². The Kier molecular flexibility index (Phi) is 6.23. The van der Waals surface area contributed by atoms with E-state index in [1.165, 1.54) is 51.3 Å². The van der Waals surface area contributed by atoms with Crippen molar-refractivity contribution >= 4 is 0 Å². The number of rotatable bonds is 5. The van der Waals surface area contributed by atoms with E-state index in [0.717, 1.165) is 31.8 Å². The third kappa shape index (κ3) is 5.35. The maximum absolute atomic E-state index is 12.7. The number of hydrogen-bond donors (Lipinski definition) is 0. The molecule has 2 heterocycles. The number of piperidine rings is 2. The summed E-state index contributed by atoms with van der Waals surface area (Å²) >= 11 is 0. The molecule has 1 aromatic rings. The first-order valence-electron chi connectivity index (χ1n) is 9.29. The number of ether oxygens (including phenoxy) is 1. The van der Waals surface area contributed by atoms with Gasteiger partial charge in [-0.25, -0.2) is 0 Å². The zero-order valence-electron chi connectivity index (χ0n) is 14.6. The molecule has 2 aliphatic rings. The Morgan fingerprint density at radius 2 is 1.72 bits per heavy atom. The van der Waals surface area contributed by atoms with E-state index in [-0.39, 0.29) is 5.75 Å². The molecule has 0 N–H and O–H groups in total. The molecule has 2 aliphatic heterocycles. The van der Waals surface area contributed by atoms with E-state index < -0.39 is 11.7 Å². The summed E-state index contributed by atoms with van der Waals surface area (Å²) in [5.41, 5.74) is -0.660. The van der Waals surface area contributed by atoms with Crippen LogP contribution >= 0.6 is 0 Å². The predicted molar refractivity (Wildman–Crippen MR) is 91.8 cm³/mol. The smallest absolute Gasteiger partial charge is 0.416 e. The van der Waals surface area contributed by atoms with Gasteiger partial charge in [-0.3, -0.25) is 4.90 Å². The van der Waals surface area contributed by atoms with Gasteiger partial charge in [0.15, 0.2) is 0 Å². The van der Waals surface area contributed by atoms with Crippen LogP contribution in [-0.4, -0.2) is 55.2 Å². The Hall–Kier alpha value is -1.27. The van der Waals surface area contributed by atoms with Crippen LogP contribution in [0.3, 0.4) is 0 Å². The van der Waals surface area contributed by atoms with Gasteiger partial charge in [0.05, 0.1) is 5.56 Å². The molecule has 2 fully saturated rings. The minimum absolute atomic E-state index is 0.290. The molecule has 0 bridgehead atoms. The van der Waals surface area contributed by atoms with Gasteiger partial charge in [0.2, 0.25) is 0 Å². The van der Waals surface area contributed by atoms with Crippen LogP contribution in [0.25, 0.3) is 0 Å². The highest BCUT2D eigenvalue weighted by atomic mass is 19.4. The van der Waals surface area contributed by atoms with Crippen LogP contribution in [0.4, 0.5) is 13.2 Å². The molecule has 0 saturated carbocycles. The highest BCUT2D eigenvalue weighted by molar-refractivity contribution is 5.30. The fourth-order valence-corrected chi connectivity index (χ4v) is 3.85. The largest absolute Gasteiger partial charge is 0.492 e. The van der Waals surface area contributed by atoms with Crippen molar-refractivity contribution in [2.75, 3.05) is 39.3 Å². The highest BCUT2D eigenvalue weighted by Crippen LogP contribution is 2.31. The summed E-state index contributed by atoms with van der Waals surface area (Å²) in [6, 6.07) is 5.82. The van der Waals surface area contributed by atoms with E-state index in [0.29, 0.717) is 12.6 Å². The van der Waals surface area contributed by atoms with Gasteiger partial charge in [-0.2, -0.15) is 13.2 Å². The van der Waals surface area contributed by atoms with E-state index in [9.17, 15) is 13.2 Å². The van der Waals surface area contributed by atoms with Crippen molar-refractivity contribution in [3.8, 4) is 5.75 Å². The number of likely N-dealkylation sites (tertiary alicyclic amines) is 2. The molecule has 0 radical (unpaired) electrons. The van der Waals surface area contributed by atoms with Gasteiger partial charge in [-0.15, -0.1) is 0 Å². The van der Waals surface area contributed by atoms with E-state index in [2.05, 4.69) is 9.80 Å². The van der Waals surface area contributed by atoms with Crippen molar-refractivity contribution in [2.24, 2.45) is 0 Å². The lowest BCUT2D eigenvalue weighted by Gasteiger charge is -2.40. The third-order valence-corrected chi connectivity index (χ3v) is 5.30. The highest BCUT2D eigenvalue weighted by Gasteiger charge is 2.30. The van der Waals surface area contributed by atoms with Gasteiger partial charge in [0.1, 0.15) is 12.4 Å². The zero-order chi connectivity index (χ0) is 17.7. The lowest BCUT2D eigenvalue weighted by atomic mass is 10.00. The first-order chi connectivity index (χ1) is 12.0. The molecule has 2 saturated heterocycles. The Balaban J connectivity index is 1.39. The Labute approximate surface area is 147 Å². The number of nitrogens with zero attached hydrogens (tertiary/aromatic N) is 2. The lowest BCUT2D eigenvalue weighted by molar-refractivity contribution is -0.137. The normalized spacial score (nSPS) is 21.4. The quantitative estimate of drug-likeness (QED) is 0.792. The van der Waals surface area contributed by atoms with Gasteiger partial charge in [0.25, 0.3) is 0 Å². The molecule has 3 rings (SSSR count). The second-order valence-corrected chi connectivity index (χ2v) is 7.04. The molecule has 0 atom stereocenters. The molecule has 25 heavy (non-hydrogen) atoms. The zero-order valence-corrected chi connectivity index (χ0v) is 14.6. The first kappa shape index (κ1) is 18.5. The van der Waals surface area contributed by atoms with Gasteiger partial charge < -0.3 is 9.64 Å². The molecule has 6 heteroatoms. The number of halogens is 3. The number of benzene rings is 1. The van der Waals surface area contributed by atoms with Gasteiger partial charge >= 0.3 is 6.18 Å². The average molecular weight is 356 g/mol. The van der Waals surface area contributed by atoms with Gasteiger partial charge in [-0.1, -0.05) is 12.5 Å². The van der Waals surface area contributed by atoms with E-state index >= 15 is 0 Å². The molecule has 0 unspecified atom stereocenters. The molecular formula is C19H27F3N2O. The second kappa shape index (κ2) is 8.41. The Bertz CT molecular complexity index is 536. The average Bonchev–Trinajstić information content (AvgIpc) is 2.63. The van der Waals surface area contributed by atoms with Crippen LogP contribution in [0.5, 0.6) is 5.75 Å². The van der Waals surface area contributed by atoms with Crippen molar-refractivity contribution in [3.63, 3.8) is 0 Å². The van der Waals surface area contributed by atoms with Crippen LogP contribution in [0.15, 0.2) is 24.3 Å². The monoisotopic (exact) mass is 356 g/mol. The summed E-state index contributed by atoms with van der Waals surface area (Å²) in [6.07, 6.45) is 2.06. The molecule has 0 aliphatic carbocycles. The third-order valence-electron chi connectivity index (χ3n) is 5.30. The van der Waals surface area contributed by atoms with Crippen LogP contribution in [0, 0.1) is 0 Å². The molecule has 0 aromatic heterocycles. The fraction of sp³-hybridized carbons (Fsp3) is 0.684. The minimum Gasteiger partial charge on any atom is -0.492 e. The number of alkyl halides is 3. The van der Waals surface area contributed by atoms with Gasteiger partial charge in [0, 0.05) is 12.6 Å². The lowest BCUT2D eigenvalue weighted by Crippen LogP contribution is -2.47. The first-order valence-corrected chi connectivity index (χ1v) is 9.29. The Morgan fingerprint density at radius 3 is 2.40 bits per heavy atom. The summed E-state index contributed by atoms with van der Waals surface area (Å²) in [7, 11) is 0. The molecule has 0 amide bonds. The molecule has 0 spiro atoms. The van der Waals surface area contributed by atoms with E-state index in [1.54, 1.807) is 6.07 Å². The van der Waals surface area contributed by atoms with Crippen molar-refractivity contribution in [3.05, 3.63) is 29.8 Å². The fourth-order valence-electron chi connectivity index (χ4n) is 3.85. The molecule has 1 aromatic carbocycles. The summed E-state index contributed by atoms with van der Waals surface area (Å²) in [5, 5.41) is 0. The molecule has 140 valence electrons. The van der Waals surface area contributed by atoms with Crippen molar-refractivity contribution in [1.82, 2.24) is 9.80 Å². The SMILES string of the molecule is FC(F)(F)c1cccc(OCCN2CCC(N3CCCCC3)CC2)c1. The summed E-state index contributed by atoms with van der Waals surface area (Å²) in [5.74, 6) is 0.290.